The number of aliphatic hydroxyl groups excluding tert-OH is 1. The Kier molecular flexibility index (Phi) is 10.2. The Morgan fingerprint density at radius 2 is 1.84 bits per heavy atom. The molecule has 228 valence electrons. The fourth-order valence-corrected chi connectivity index (χ4v) is 5.78. The predicted octanol–water partition coefficient (Wildman–Crippen LogP) is 6.67. The van der Waals surface area contributed by atoms with Gasteiger partial charge in [0.25, 0.3) is 5.78 Å². The lowest BCUT2D eigenvalue weighted by Gasteiger charge is -2.24. The number of ketones is 1. The number of unbranched alkanes of at least 4 members (excludes halogenated alkanes) is 3. The number of aryl methyl sites for hydroxylation is 2. The number of ether oxygens (including phenoxy) is 3. The van der Waals surface area contributed by atoms with E-state index in [1.807, 2.05) is 0 Å². The molecule has 1 atom stereocenters. The first-order valence-electron chi connectivity index (χ1n) is 14.2. The highest BCUT2D eigenvalue weighted by atomic mass is 32.1. The number of anilines is 1. The third kappa shape index (κ3) is 6.56. The van der Waals surface area contributed by atoms with E-state index in [1.54, 1.807) is 39.0 Å². The molecule has 0 saturated carbocycles. The van der Waals surface area contributed by atoms with Crippen molar-refractivity contribution in [1.29, 1.82) is 0 Å². The molecule has 2 heterocycles. The van der Waals surface area contributed by atoms with Gasteiger partial charge in [-0.15, -0.1) is 0 Å². The molecule has 0 radical (unpaired) electrons. The molecular formula is C32H35FN2O7S. The van der Waals surface area contributed by atoms with Crippen molar-refractivity contribution in [3.63, 3.8) is 0 Å². The van der Waals surface area contributed by atoms with Crippen molar-refractivity contribution >= 4 is 39.9 Å². The van der Waals surface area contributed by atoms with Crippen molar-refractivity contribution in [2.24, 2.45) is 0 Å². The number of rotatable bonds is 12. The van der Waals surface area contributed by atoms with Gasteiger partial charge in [-0.2, -0.15) is 0 Å². The van der Waals surface area contributed by atoms with Crippen LogP contribution >= 0.6 is 11.3 Å². The highest BCUT2D eigenvalue weighted by molar-refractivity contribution is 7.17. The van der Waals surface area contributed by atoms with Crippen molar-refractivity contribution in [2.45, 2.75) is 59.4 Å². The van der Waals surface area contributed by atoms with Crippen LogP contribution in [-0.2, 0) is 14.3 Å². The van der Waals surface area contributed by atoms with Crippen molar-refractivity contribution < 1.29 is 38.1 Å². The molecule has 0 aliphatic carbocycles. The van der Waals surface area contributed by atoms with Crippen LogP contribution in [0.5, 0.6) is 11.5 Å². The Labute approximate surface area is 253 Å². The van der Waals surface area contributed by atoms with E-state index in [1.165, 1.54) is 19.2 Å². The Bertz CT molecular complexity index is 1560. The van der Waals surface area contributed by atoms with E-state index in [9.17, 15) is 23.9 Å². The number of amides is 1. The largest absolute Gasteiger partial charge is 0.507 e. The number of halogens is 1. The van der Waals surface area contributed by atoms with Gasteiger partial charge in [-0.05, 0) is 56.5 Å². The summed E-state index contributed by atoms with van der Waals surface area (Å²) in [6, 6.07) is 7.86. The van der Waals surface area contributed by atoms with Gasteiger partial charge in [0.05, 0.1) is 37.6 Å². The Balaban J connectivity index is 1.85. The maximum absolute atomic E-state index is 14.5. The normalized spacial score (nSPS) is 16.0. The monoisotopic (exact) mass is 610 g/mol. The molecule has 1 aliphatic rings. The third-order valence-corrected chi connectivity index (χ3v) is 8.24. The smallest absolute Gasteiger partial charge is 0.350 e. The second-order valence-corrected chi connectivity index (χ2v) is 11.1. The number of carbonyl (C=O) groups is 3. The molecule has 0 bridgehead atoms. The number of hydrogen-bond donors (Lipinski definition) is 1. The summed E-state index contributed by atoms with van der Waals surface area (Å²) < 4.78 is 31.1. The second kappa shape index (κ2) is 13.8. The van der Waals surface area contributed by atoms with Gasteiger partial charge in [0.2, 0.25) is 0 Å². The summed E-state index contributed by atoms with van der Waals surface area (Å²) in [7, 11) is 1.48. The molecule has 0 spiro atoms. The number of benzene rings is 2. The summed E-state index contributed by atoms with van der Waals surface area (Å²) in [5, 5.41) is 11.4. The number of Topliss-reactive ketones (excluding diaryl/α,β-unsaturated/α-hetero) is 1. The van der Waals surface area contributed by atoms with Gasteiger partial charge in [0, 0.05) is 5.56 Å². The van der Waals surface area contributed by atoms with E-state index in [2.05, 4.69) is 11.9 Å². The Morgan fingerprint density at radius 3 is 2.51 bits per heavy atom. The molecule has 1 N–H and O–H groups in total. The number of aromatic nitrogens is 1. The van der Waals surface area contributed by atoms with Gasteiger partial charge in [-0.1, -0.05) is 55.7 Å². The molecule has 3 aromatic rings. The molecule has 43 heavy (non-hydrogen) atoms. The molecule has 2 aromatic carbocycles. The number of thiazole rings is 1. The average Bonchev–Trinajstić information content (AvgIpc) is 3.50. The fourth-order valence-electron chi connectivity index (χ4n) is 4.80. The van der Waals surface area contributed by atoms with E-state index in [-0.39, 0.29) is 27.8 Å². The van der Waals surface area contributed by atoms with Crippen molar-refractivity contribution in [2.75, 3.05) is 25.2 Å². The number of hydrogen-bond acceptors (Lipinski definition) is 9. The zero-order chi connectivity index (χ0) is 31.3. The van der Waals surface area contributed by atoms with Gasteiger partial charge < -0.3 is 19.3 Å². The minimum Gasteiger partial charge on any atom is -0.507 e. The van der Waals surface area contributed by atoms with Gasteiger partial charge in [0.15, 0.2) is 16.6 Å². The molecule has 0 unspecified atom stereocenters. The van der Waals surface area contributed by atoms with Gasteiger partial charge in [-0.3, -0.25) is 14.5 Å². The summed E-state index contributed by atoms with van der Waals surface area (Å²) in [5.41, 5.74) is 0.869. The molecule has 1 saturated heterocycles. The molecule has 1 amide bonds. The van der Waals surface area contributed by atoms with Crippen LogP contribution in [0.3, 0.4) is 0 Å². The first-order valence-corrected chi connectivity index (χ1v) is 15.0. The maximum atomic E-state index is 14.5. The number of nitrogens with zero attached hydrogens (tertiary/aromatic N) is 2. The summed E-state index contributed by atoms with van der Waals surface area (Å²) >= 11 is 0.901. The van der Waals surface area contributed by atoms with E-state index in [0.717, 1.165) is 48.0 Å². The molecule has 1 fully saturated rings. The van der Waals surface area contributed by atoms with Crippen LogP contribution in [0.1, 0.15) is 77.6 Å². The van der Waals surface area contributed by atoms with Crippen LogP contribution in [0.15, 0.2) is 42.0 Å². The highest BCUT2D eigenvalue weighted by Crippen LogP contribution is 2.45. The van der Waals surface area contributed by atoms with Crippen molar-refractivity contribution in [3.8, 4) is 11.5 Å². The summed E-state index contributed by atoms with van der Waals surface area (Å²) in [6.07, 6.45) is 4.12. The lowest BCUT2D eigenvalue weighted by molar-refractivity contribution is -0.132. The number of methoxy groups -OCH3 is 1. The van der Waals surface area contributed by atoms with Crippen molar-refractivity contribution in [1.82, 2.24) is 4.98 Å². The first kappa shape index (κ1) is 31.7. The summed E-state index contributed by atoms with van der Waals surface area (Å²) in [4.78, 5) is 45.4. The zero-order valence-corrected chi connectivity index (χ0v) is 25.7. The van der Waals surface area contributed by atoms with E-state index < -0.39 is 35.3 Å². The topological polar surface area (TPSA) is 115 Å². The summed E-state index contributed by atoms with van der Waals surface area (Å²) in [6.45, 7) is 7.61. The van der Waals surface area contributed by atoms with E-state index >= 15 is 0 Å². The zero-order valence-electron chi connectivity index (χ0n) is 24.9. The predicted molar refractivity (Wildman–Crippen MR) is 161 cm³/mol. The minimum atomic E-state index is -1.17. The molecule has 9 nitrogen and oxygen atoms in total. The first-order chi connectivity index (χ1) is 20.6. The van der Waals surface area contributed by atoms with Crippen LogP contribution in [0.2, 0.25) is 0 Å². The second-order valence-electron chi connectivity index (χ2n) is 10.1. The van der Waals surface area contributed by atoms with Gasteiger partial charge >= 0.3 is 11.9 Å². The number of esters is 1. The molecule has 1 aliphatic heterocycles. The third-order valence-electron chi connectivity index (χ3n) is 7.10. The standard InChI is InChI=1S/C32H35FN2O7S/c1-6-8-9-10-15-42-23-14-13-20(17-24(23)40-5)26-25(27(36)21-12-11-18(3)22(33)16-21)28(37)30(38)35(26)32-34-19(4)29(43-32)31(39)41-7-2/h11-14,16-17,26,36H,6-10,15H2,1-5H3/t26-/m1/s1. The number of aliphatic hydroxyl groups is 1. The van der Waals surface area contributed by atoms with Crippen molar-refractivity contribution in [3.05, 3.63) is 75.0 Å². The molecular weight excluding hydrogens is 575 g/mol. The van der Waals surface area contributed by atoms with Gasteiger partial charge in [0.1, 0.15) is 16.5 Å². The molecule has 1 aromatic heterocycles. The molecule has 11 heteroatoms. The van der Waals surface area contributed by atoms with Crippen LogP contribution < -0.4 is 14.4 Å². The Morgan fingerprint density at radius 1 is 1.07 bits per heavy atom. The van der Waals surface area contributed by atoms with Crippen LogP contribution in [0.4, 0.5) is 9.52 Å². The number of carbonyl (C=O) groups excluding carboxylic acids is 3. The fraction of sp³-hybridized carbons (Fsp3) is 0.375. The SMILES string of the molecule is CCCCCCOc1ccc([C@@H]2C(=C(O)c3ccc(C)c(F)c3)C(=O)C(=O)N2c2nc(C)c(C(=O)OCC)s2)cc1OC. The van der Waals surface area contributed by atoms with Crippen LogP contribution in [0, 0.1) is 19.7 Å². The highest BCUT2D eigenvalue weighted by Gasteiger charge is 2.48. The van der Waals surface area contributed by atoms with Crippen LogP contribution in [-0.4, -0.2) is 48.1 Å². The lowest BCUT2D eigenvalue weighted by atomic mass is 9.94. The average molecular weight is 611 g/mol. The quantitative estimate of drug-likeness (QED) is 0.0795. The summed E-state index contributed by atoms with van der Waals surface area (Å²) in [5.74, 6) is -2.82. The molecule has 4 rings (SSSR count). The lowest BCUT2D eigenvalue weighted by Crippen LogP contribution is -2.29. The van der Waals surface area contributed by atoms with Gasteiger partial charge in [-0.25, -0.2) is 14.2 Å². The Hall–Kier alpha value is -4.25. The van der Waals surface area contributed by atoms with Crippen LogP contribution in [0.25, 0.3) is 5.76 Å². The minimum absolute atomic E-state index is 0.0348. The van der Waals surface area contributed by atoms with E-state index in [0.29, 0.717) is 34.9 Å². The maximum Gasteiger partial charge on any atom is 0.350 e. The van der Waals surface area contributed by atoms with E-state index in [4.69, 9.17) is 14.2 Å².